The van der Waals surface area contributed by atoms with Crippen LogP contribution in [0.4, 0.5) is 0 Å². The van der Waals surface area contributed by atoms with Gasteiger partial charge in [0.2, 0.25) is 5.91 Å². The van der Waals surface area contributed by atoms with Crippen LogP contribution in [0.5, 0.6) is 0 Å². The lowest BCUT2D eigenvalue weighted by Gasteiger charge is -2.71. The minimum atomic E-state index is -0.654. The van der Waals surface area contributed by atoms with Gasteiger partial charge in [-0.15, -0.1) is 0 Å². The van der Waals surface area contributed by atoms with Gasteiger partial charge in [0.1, 0.15) is 0 Å². The topological polar surface area (TPSA) is 69.6 Å². The van der Waals surface area contributed by atoms with E-state index in [1.165, 1.54) is 6.42 Å². The van der Waals surface area contributed by atoms with Gasteiger partial charge >= 0.3 is 0 Å². The lowest BCUT2D eigenvalue weighted by Crippen LogP contribution is -2.67. The highest BCUT2D eigenvalue weighted by Gasteiger charge is 2.69. The number of carbonyl (C=O) groups excluding carboxylic acids is 1. The Hall–Kier alpha value is -0.870. The third-order valence-corrected chi connectivity index (χ3v) is 13.3. The summed E-state index contributed by atoms with van der Waals surface area (Å²) >= 11 is 0. The van der Waals surface area contributed by atoms with Crippen molar-refractivity contribution in [1.82, 2.24) is 5.32 Å². The van der Waals surface area contributed by atoms with Crippen molar-refractivity contribution in [2.75, 3.05) is 7.05 Å². The lowest BCUT2D eigenvalue weighted by molar-refractivity contribution is -0.231. The average molecular weight is 486 g/mol. The zero-order valence-corrected chi connectivity index (χ0v) is 23.6. The summed E-state index contributed by atoms with van der Waals surface area (Å²) in [6.45, 7) is 16.7. The summed E-state index contributed by atoms with van der Waals surface area (Å²) in [6.07, 6.45) is 10.6. The fourth-order valence-corrected chi connectivity index (χ4v) is 11.0. The summed E-state index contributed by atoms with van der Waals surface area (Å²) in [5.74, 6) is 1.47. The van der Waals surface area contributed by atoms with Crippen molar-refractivity contribution >= 4 is 5.91 Å². The second-order valence-corrected chi connectivity index (χ2v) is 15.5. The number of carbonyl (C=O) groups is 1. The summed E-state index contributed by atoms with van der Waals surface area (Å²) in [7, 11) is 1.82. The summed E-state index contributed by atoms with van der Waals surface area (Å²) in [6, 6.07) is 0. The van der Waals surface area contributed by atoms with Crippen LogP contribution in [0, 0.1) is 50.2 Å². The highest BCUT2D eigenvalue weighted by molar-refractivity contribution is 5.84. The molecule has 4 fully saturated rings. The maximum atomic E-state index is 13.5. The first kappa shape index (κ1) is 25.8. The third kappa shape index (κ3) is 3.14. The van der Waals surface area contributed by atoms with Gasteiger partial charge in [-0.1, -0.05) is 60.1 Å². The second kappa shape index (κ2) is 7.59. The molecule has 0 aromatic heterocycles. The number of nitrogens with one attached hydrogen (secondary N) is 1. The van der Waals surface area contributed by atoms with Crippen molar-refractivity contribution in [3.8, 4) is 0 Å². The molecule has 1 unspecified atom stereocenters. The molecule has 5 rings (SSSR count). The standard InChI is InChI=1S/C31H51NO3/c1-26(2)13-15-31(25(35)32-8)16-14-29(6)19(20(31)17-26)9-10-23-28(5)18-21(33)24(34)27(3,4)22(28)11-12-30(23,29)7/h9,20-24,33-34H,10-18H2,1-8H3,(H,32,35)/t20-,21+,22-,23?,24-,28-,29+,30+,31-/m0/s1. The van der Waals surface area contributed by atoms with Gasteiger partial charge in [-0.05, 0) is 103 Å². The molecule has 4 nitrogen and oxygen atoms in total. The molecule has 0 radical (unpaired) electrons. The molecule has 0 aromatic carbocycles. The number of allylic oxidation sites excluding steroid dienone is 2. The SMILES string of the molecule is CNC(=O)[C@]12CCC(C)(C)C[C@H]1C1=CCC3[C@@]4(C)C[C@@H](O)[C@H](O)C(C)(C)[C@@H]4CC[C@@]3(C)[C@]1(C)CC2. The molecule has 0 aliphatic heterocycles. The Morgan fingerprint density at radius 1 is 0.914 bits per heavy atom. The van der Waals surface area contributed by atoms with E-state index in [0.29, 0.717) is 24.2 Å². The third-order valence-electron chi connectivity index (χ3n) is 13.3. The molecule has 0 spiro atoms. The van der Waals surface area contributed by atoms with E-state index in [2.05, 4.69) is 59.9 Å². The Morgan fingerprint density at radius 2 is 1.57 bits per heavy atom. The quantitative estimate of drug-likeness (QED) is 0.407. The van der Waals surface area contributed by atoms with Gasteiger partial charge in [-0.2, -0.15) is 0 Å². The maximum absolute atomic E-state index is 13.5. The Morgan fingerprint density at radius 3 is 2.23 bits per heavy atom. The van der Waals surface area contributed by atoms with Crippen molar-refractivity contribution < 1.29 is 15.0 Å². The highest BCUT2D eigenvalue weighted by atomic mass is 16.3. The molecule has 4 saturated carbocycles. The van der Waals surface area contributed by atoms with Crippen molar-refractivity contribution in [2.45, 2.75) is 118 Å². The van der Waals surface area contributed by atoms with Crippen molar-refractivity contribution in [3.05, 3.63) is 11.6 Å². The molecule has 1 amide bonds. The molecule has 0 heterocycles. The van der Waals surface area contributed by atoms with Gasteiger partial charge in [0.15, 0.2) is 0 Å². The Bertz CT molecular complexity index is 938. The van der Waals surface area contributed by atoms with Crippen LogP contribution in [-0.2, 0) is 4.79 Å². The summed E-state index contributed by atoms with van der Waals surface area (Å²) < 4.78 is 0. The molecule has 0 saturated heterocycles. The molecule has 5 aliphatic rings. The van der Waals surface area contributed by atoms with E-state index in [9.17, 15) is 15.0 Å². The molecule has 198 valence electrons. The van der Waals surface area contributed by atoms with Crippen LogP contribution in [0.25, 0.3) is 0 Å². The lowest BCUT2D eigenvalue weighted by atomic mass is 9.33. The monoisotopic (exact) mass is 485 g/mol. The molecule has 0 bridgehead atoms. The Labute approximate surface area is 213 Å². The average Bonchev–Trinajstić information content (AvgIpc) is 2.77. The molecule has 3 N–H and O–H groups in total. The molecule has 5 aliphatic carbocycles. The normalized spacial score (nSPS) is 52.2. The second-order valence-electron chi connectivity index (χ2n) is 15.5. The number of fused-ring (bicyclic) bond motifs is 7. The predicted octanol–water partition coefficient (Wildman–Crippen LogP) is 5.87. The fourth-order valence-electron chi connectivity index (χ4n) is 11.0. The number of aliphatic hydroxyl groups is 2. The molecular formula is C31H51NO3. The zero-order valence-electron chi connectivity index (χ0n) is 23.6. The van der Waals surface area contributed by atoms with Crippen molar-refractivity contribution in [1.29, 1.82) is 0 Å². The van der Waals surface area contributed by atoms with Crippen LogP contribution in [0.15, 0.2) is 11.6 Å². The van der Waals surface area contributed by atoms with Crippen LogP contribution < -0.4 is 5.32 Å². The van der Waals surface area contributed by atoms with Gasteiger partial charge in [0.05, 0.1) is 17.6 Å². The van der Waals surface area contributed by atoms with Gasteiger partial charge in [-0.25, -0.2) is 0 Å². The minimum Gasteiger partial charge on any atom is -0.390 e. The van der Waals surface area contributed by atoms with E-state index in [-0.39, 0.29) is 38.4 Å². The van der Waals surface area contributed by atoms with Crippen molar-refractivity contribution in [3.63, 3.8) is 0 Å². The Balaban J connectivity index is 1.61. The number of aliphatic hydroxyl groups excluding tert-OH is 2. The highest BCUT2D eigenvalue weighted by Crippen LogP contribution is 2.75. The molecule has 4 heteroatoms. The molecule has 0 aromatic rings. The van der Waals surface area contributed by atoms with E-state index in [4.69, 9.17) is 0 Å². The zero-order chi connectivity index (χ0) is 25.8. The fraction of sp³-hybridized carbons (Fsp3) is 0.903. The van der Waals surface area contributed by atoms with E-state index in [0.717, 1.165) is 44.9 Å². The molecule has 9 atom stereocenters. The van der Waals surface area contributed by atoms with E-state index in [1.807, 2.05) is 7.05 Å². The molecule has 35 heavy (non-hydrogen) atoms. The first-order valence-electron chi connectivity index (χ1n) is 14.4. The van der Waals surface area contributed by atoms with Crippen LogP contribution in [0.3, 0.4) is 0 Å². The predicted molar refractivity (Wildman–Crippen MR) is 141 cm³/mol. The van der Waals surface area contributed by atoms with Gasteiger partial charge in [0.25, 0.3) is 0 Å². The molecular weight excluding hydrogens is 434 g/mol. The number of amides is 1. The largest absolute Gasteiger partial charge is 0.390 e. The summed E-state index contributed by atoms with van der Waals surface area (Å²) in [5.41, 5.74) is 1.51. The van der Waals surface area contributed by atoms with E-state index >= 15 is 0 Å². The Kier molecular flexibility index (Phi) is 5.59. The van der Waals surface area contributed by atoms with Gasteiger partial charge in [-0.3, -0.25) is 4.79 Å². The maximum Gasteiger partial charge on any atom is 0.226 e. The van der Waals surface area contributed by atoms with Gasteiger partial charge in [0, 0.05) is 7.05 Å². The summed E-state index contributed by atoms with van der Waals surface area (Å²) in [4.78, 5) is 13.5. The van der Waals surface area contributed by atoms with E-state index < -0.39 is 12.2 Å². The minimum absolute atomic E-state index is 0.00134. The van der Waals surface area contributed by atoms with Crippen LogP contribution >= 0.6 is 0 Å². The van der Waals surface area contributed by atoms with Crippen molar-refractivity contribution in [2.24, 2.45) is 50.2 Å². The first-order chi connectivity index (χ1) is 16.1. The summed E-state index contributed by atoms with van der Waals surface area (Å²) in [5, 5.41) is 25.0. The number of hydrogen-bond acceptors (Lipinski definition) is 3. The van der Waals surface area contributed by atoms with E-state index in [1.54, 1.807) is 5.57 Å². The number of hydrogen-bond donors (Lipinski definition) is 3. The van der Waals surface area contributed by atoms with Gasteiger partial charge < -0.3 is 15.5 Å². The number of rotatable bonds is 1. The van der Waals surface area contributed by atoms with Crippen LogP contribution in [0.1, 0.15) is 106 Å². The first-order valence-corrected chi connectivity index (χ1v) is 14.4. The van der Waals surface area contributed by atoms with Crippen LogP contribution in [0.2, 0.25) is 0 Å². The van der Waals surface area contributed by atoms with Crippen LogP contribution in [-0.4, -0.2) is 35.4 Å². The smallest absolute Gasteiger partial charge is 0.226 e.